The molecule has 4 amide bonds. The van der Waals surface area contributed by atoms with Gasteiger partial charge in [0.1, 0.15) is 37.5 Å². The van der Waals surface area contributed by atoms with E-state index in [9.17, 15) is 39.0 Å². The fourth-order valence-electron chi connectivity index (χ4n) is 4.62. The van der Waals surface area contributed by atoms with Gasteiger partial charge >= 0.3 is 11.9 Å². The molecule has 2 N–H and O–H groups in total. The molecule has 1 saturated carbocycles. The first kappa shape index (κ1) is 24.3. The van der Waals surface area contributed by atoms with E-state index in [4.69, 9.17) is 9.47 Å². The van der Waals surface area contributed by atoms with Crippen LogP contribution in [0.25, 0.3) is 0 Å². The third-order valence-electron chi connectivity index (χ3n) is 6.47. The van der Waals surface area contributed by atoms with Crippen LogP contribution in [0.1, 0.15) is 47.9 Å². The molecule has 190 valence electrons. The molecule has 5 rings (SSSR count). The number of carbonyl (C=O) groups is 6. The van der Waals surface area contributed by atoms with Crippen LogP contribution < -0.4 is 0 Å². The van der Waals surface area contributed by atoms with Gasteiger partial charge in [-0.15, -0.1) is 0 Å². The van der Waals surface area contributed by atoms with Gasteiger partial charge in [0.25, 0.3) is 23.6 Å². The average molecular weight is 508 g/mol. The maximum Gasteiger partial charge on any atom is 0.326 e. The van der Waals surface area contributed by atoms with Gasteiger partial charge < -0.3 is 19.7 Å². The second kappa shape index (κ2) is 9.22. The quantitative estimate of drug-likeness (QED) is 0.384. The average Bonchev–Trinajstić information content (AvgIpc) is 3.39. The van der Waals surface area contributed by atoms with Crippen LogP contribution in [0.4, 0.5) is 0 Å². The lowest BCUT2D eigenvalue weighted by Crippen LogP contribution is -2.40. The maximum atomic E-state index is 12.4. The second-order valence-corrected chi connectivity index (χ2v) is 8.76. The van der Waals surface area contributed by atoms with E-state index in [-0.39, 0.29) is 28.7 Å². The minimum atomic E-state index is -1.62. The highest BCUT2D eigenvalue weighted by Crippen LogP contribution is 2.28. The van der Waals surface area contributed by atoms with E-state index in [0.29, 0.717) is 9.80 Å². The Bertz CT molecular complexity index is 1180. The molecule has 12 nitrogen and oxygen atoms in total. The summed E-state index contributed by atoms with van der Waals surface area (Å²) >= 11 is 0. The van der Waals surface area contributed by atoms with Crippen molar-refractivity contribution in [3.05, 3.63) is 70.8 Å². The number of carbonyl (C=O) groups excluding carboxylic acids is 6. The Hall–Kier alpha value is -4.42. The second-order valence-electron chi connectivity index (χ2n) is 8.76. The summed E-state index contributed by atoms with van der Waals surface area (Å²) in [5.74, 6) is -4.67. The van der Waals surface area contributed by atoms with Crippen LogP contribution in [0.15, 0.2) is 48.5 Å². The number of benzene rings is 2. The van der Waals surface area contributed by atoms with Crippen LogP contribution in [0.3, 0.4) is 0 Å². The number of aliphatic hydroxyl groups is 2. The highest BCUT2D eigenvalue weighted by atomic mass is 16.6. The Morgan fingerprint density at radius 3 is 1.24 bits per heavy atom. The number of amides is 4. The lowest BCUT2D eigenvalue weighted by Gasteiger charge is -2.19. The minimum absolute atomic E-state index is 0.154. The molecule has 0 saturated heterocycles. The lowest BCUT2D eigenvalue weighted by molar-refractivity contribution is -0.156. The Morgan fingerprint density at radius 1 is 0.649 bits per heavy atom. The fourth-order valence-corrected chi connectivity index (χ4v) is 4.62. The largest absolute Gasteiger partial charge is 0.458 e. The van der Waals surface area contributed by atoms with Gasteiger partial charge in [-0.1, -0.05) is 24.3 Å². The molecule has 1 fully saturated rings. The molecule has 2 heterocycles. The number of rotatable bonds is 6. The number of imide groups is 2. The zero-order chi connectivity index (χ0) is 26.4. The molecule has 4 atom stereocenters. The molecule has 1 aliphatic carbocycles. The summed E-state index contributed by atoms with van der Waals surface area (Å²) < 4.78 is 10.3. The van der Waals surface area contributed by atoms with Crippen molar-refractivity contribution in [3.8, 4) is 0 Å². The minimum Gasteiger partial charge on any atom is -0.458 e. The fraction of sp³-hybridized carbons (Fsp3) is 0.280. The number of fused-ring (bicyclic) bond motifs is 2. The van der Waals surface area contributed by atoms with Crippen LogP contribution in [-0.4, -0.2) is 93.1 Å². The van der Waals surface area contributed by atoms with E-state index in [0.717, 1.165) is 0 Å². The van der Waals surface area contributed by atoms with E-state index in [1.165, 1.54) is 24.3 Å². The predicted molar refractivity (Wildman–Crippen MR) is 120 cm³/mol. The number of hydrogen-bond acceptors (Lipinski definition) is 10. The molecule has 12 heteroatoms. The lowest BCUT2D eigenvalue weighted by atomic mass is 10.1. The summed E-state index contributed by atoms with van der Waals surface area (Å²) in [6.45, 7) is -1.42. The molecule has 0 aromatic heterocycles. The Morgan fingerprint density at radius 2 is 0.946 bits per heavy atom. The van der Waals surface area contributed by atoms with Crippen LogP contribution in [0.5, 0.6) is 0 Å². The first-order chi connectivity index (χ1) is 17.7. The topological polar surface area (TPSA) is 168 Å². The SMILES string of the molecule is O=C(CN1C(=O)c2ccccc2C1=O)O[C@H]1C[C@@H](OC(=O)CN2C(=O)c3ccccc3C2=O)[C@H](O)[C@@H]1O. The van der Waals surface area contributed by atoms with E-state index in [1.807, 2.05) is 0 Å². The molecule has 3 aliphatic rings. The van der Waals surface area contributed by atoms with E-state index in [2.05, 4.69) is 0 Å². The molecule has 0 spiro atoms. The van der Waals surface area contributed by atoms with E-state index < -0.39 is 73.1 Å². The predicted octanol–water partition coefficient (Wildman–Crippen LogP) is -0.472. The van der Waals surface area contributed by atoms with Gasteiger partial charge in [0, 0.05) is 6.42 Å². The van der Waals surface area contributed by atoms with Gasteiger partial charge in [-0.2, -0.15) is 0 Å². The van der Waals surface area contributed by atoms with Gasteiger partial charge in [-0.3, -0.25) is 38.6 Å². The molecule has 0 unspecified atom stereocenters. The van der Waals surface area contributed by atoms with Crippen molar-refractivity contribution in [1.29, 1.82) is 0 Å². The van der Waals surface area contributed by atoms with Gasteiger partial charge in [0.05, 0.1) is 22.3 Å². The van der Waals surface area contributed by atoms with Crippen molar-refractivity contribution in [2.45, 2.75) is 30.8 Å². The molecular weight excluding hydrogens is 488 g/mol. The van der Waals surface area contributed by atoms with Gasteiger partial charge in [-0.05, 0) is 24.3 Å². The number of esters is 2. The van der Waals surface area contributed by atoms with Gasteiger partial charge in [0.15, 0.2) is 0 Å². The van der Waals surface area contributed by atoms with Crippen molar-refractivity contribution in [3.63, 3.8) is 0 Å². The normalized spacial score (nSPS) is 24.4. The monoisotopic (exact) mass is 508 g/mol. The molecule has 2 aromatic rings. The van der Waals surface area contributed by atoms with Crippen molar-refractivity contribution in [1.82, 2.24) is 9.80 Å². The summed E-state index contributed by atoms with van der Waals surface area (Å²) in [7, 11) is 0. The summed E-state index contributed by atoms with van der Waals surface area (Å²) in [5, 5.41) is 20.6. The number of nitrogens with zero attached hydrogens (tertiary/aromatic N) is 2. The van der Waals surface area contributed by atoms with Gasteiger partial charge in [0.2, 0.25) is 0 Å². The molecule has 0 radical (unpaired) electrons. The van der Waals surface area contributed by atoms with Crippen LogP contribution >= 0.6 is 0 Å². The third kappa shape index (κ3) is 4.15. The number of ether oxygens (including phenoxy) is 2. The summed E-state index contributed by atoms with van der Waals surface area (Å²) in [5.41, 5.74) is 0.617. The van der Waals surface area contributed by atoms with Crippen LogP contribution in [0, 0.1) is 0 Å². The van der Waals surface area contributed by atoms with Crippen molar-refractivity contribution >= 4 is 35.6 Å². The maximum absolute atomic E-state index is 12.4. The van der Waals surface area contributed by atoms with Crippen molar-refractivity contribution in [2.75, 3.05) is 13.1 Å². The van der Waals surface area contributed by atoms with Crippen LogP contribution in [0.2, 0.25) is 0 Å². The summed E-state index contributed by atoms with van der Waals surface area (Å²) in [4.78, 5) is 76.0. The zero-order valence-electron chi connectivity index (χ0n) is 19.1. The molecule has 37 heavy (non-hydrogen) atoms. The smallest absolute Gasteiger partial charge is 0.326 e. The standard InChI is InChI=1S/C25H20N2O10/c28-18(10-26-22(32)12-5-1-2-6-13(12)23(26)33)36-16-9-17(21(31)20(16)30)37-19(29)11-27-24(34)14-7-3-4-8-15(14)25(27)35/h1-8,16-17,20-21,30-31H,9-11H2/t16-,17+,20+,21-. The van der Waals surface area contributed by atoms with E-state index >= 15 is 0 Å². The Labute approximate surface area is 209 Å². The first-order valence-corrected chi connectivity index (χ1v) is 11.3. The highest BCUT2D eigenvalue weighted by Gasteiger charge is 2.47. The highest BCUT2D eigenvalue weighted by molar-refractivity contribution is 6.23. The molecular formula is C25H20N2O10. The third-order valence-corrected chi connectivity index (χ3v) is 6.47. The Balaban J connectivity index is 1.16. The molecule has 2 aromatic carbocycles. The first-order valence-electron chi connectivity index (χ1n) is 11.3. The number of hydrogen-bond donors (Lipinski definition) is 2. The Kier molecular flexibility index (Phi) is 6.05. The molecule has 0 bridgehead atoms. The van der Waals surface area contributed by atoms with E-state index in [1.54, 1.807) is 24.3 Å². The summed E-state index contributed by atoms with van der Waals surface area (Å²) in [6, 6.07) is 12.2. The van der Waals surface area contributed by atoms with Gasteiger partial charge in [-0.25, -0.2) is 0 Å². The summed E-state index contributed by atoms with van der Waals surface area (Å²) in [6.07, 6.45) is -6.12. The number of aliphatic hydroxyl groups excluding tert-OH is 2. The van der Waals surface area contributed by atoms with Crippen LogP contribution in [-0.2, 0) is 19.1 Å². The van der Waals surface area contributed by atoms with Crippen molar-refractivity contribution in [2.24, 2.45) is 0 Å². The molecule has 2 aliphatic heterocycles. The van der Waals surface area contributed by atoms with Crippen molar-refractivity contribution < 1.29 is 48.5 Å². The zero-order valence-corrected chi connectivity index (χ0v) is 19.1.